The number of rotatable bonds is 13. The van der Waals surface area contributed by atoms with Crippen molar-refractivity contribution in [2.75, 3.05) is 20.3 Å². The minimum Gasteiger partial charge on any atom is -0.507 e. The number of methoxy groups -OCH3 is 1. The minimum absolute atomic E-state index is 0.00312. The van der Waals surface area contributed by atoms with Crippen molar-refractivity contribution in [2.24, 2.45) is 11.8 Å². The van der Waals surface area contributed by atoms with Crippen LogP contribution in [0.2, 0.25) is 5.02 Å². The van der Waals surface area contributed by atoms with Crippen LogP contribution in [0, 0.1) is 11.8 Å². The normalized spacial score (nSPS) is 15.8. The molecule has 3 amide bonds. The third-order valence-corrected chi connectivity index (χ3v) is 7.57. The fraction of sp³-hybridized carbons (Fsp3) is 0.387. The molecule has 12 nitrogen and oxygen atoms in total. The summed E-state index contributed by atoms with van der Waals surface area (Å²) in [5.74, 6) is -3.40. The molecule has 0 saturated carbocycles. The largest absolute Gasteiger partial charge is 0.507 e. The van der Waals surface area contributed by atoms with Crippen LogP contribution in [-0.2, 0) is 19.1 Å². The Morgan fingerprint density at radius 3 is 2.52 bits per heavy atom. The van der Waals surface area contributed by atoms with E-state index in [1.165, 1.54) is 19.2 Å². The Labute approximate surface area is 258 Å². The maximum atomic E-state index is 13.6. The fourth-order valence-corrected chi connectivity index (χ4v) is 5.22. The number of fused-ring (bicyclic) bond motifs is 1. The van der Waals surface area contributed by atoms with Crippen LogP contribution >= 0.6 is 11.6 Å². The molecule has 1 aromatic heterocycles. The standard InChI is InChI=1S/C31H35ClN4O8/c1-16(2)11-23(36-30(41)24-14-20-21(34-24)5-4-6-27(20)43-3)29(40)35-22(12-17-9-10-33-28(17)39)26(38)15-44-31(42)19-8-7-18(32)13-25(19)37/h4-8,13-14,16-17,22-23,34,37H,9-12,15H2,1-3H3,(H,33,39)(H,35,40)(H,36,41)/t17?,22-,23-/m1/s1. The van der Waals surface area contributed by atoms with Crippen LogP contribution < -0.4 is 20.7 Å². The number of nitrogens with one attached hydrogen (secondary N) is 4. The first kappa shape index (κ1) is 32.3. The Morgan fingerprint density at radius 2 is 1.86 bits per heavy atom. The highest BCUT2D eigenvalue weighted by Gasteiger charge is 2.34. The summed E-state index contributed by atoms with van der Waals surface area (Å²) in [5.41, 5.74) is 0.715. The number of carbonyl (C=O) groups is 5. The van der Waals surface area contributed by atoms with Crippen LogP contribution in [0.25, 0.3) is 10.9 Å². The quantitative estimate of drug-likeness (QED) is 0.180. The van der Waals surface area contributed by atoms with E-state index in [1.54, 1.807) is 24.3 Å². The van der Waals surface area contributed by atoms with E-state index >= 15 is 0 Å². The van der Waals surface area contributed by atoms with Crippen LogP contribution in [0.3, 0.4) is 0 Å². The van der Waals surface area contributed by atoms with Gasteiger partial charge in [-0.2, -0.15) is 0 Å². The van der Waals surface area contributed by atoms with E-state index in [0.29, 0.717) is 29.6 Å². The number of phenolic OH excluding ortho intramolecular Hbond substituents is 1. The van der Waals surface area contributed by atoms with E-state index in [4.69, 9.17) is 21.1 Å². The maximum Gasteiger partial charge on any atom is 0.342 e. The smallest absolute Gasteiger partial charge is 0.342 e. The number of carbonyl (C=O) groups excluding carboxylic acids is 5. The molecule has 1 aliphatic heterocycles. The number of esters is 1. The molecule has 0 radical (unpaired) electrons. The average molecular weight is 627 g/mol. The van der Waals surface area contributed by atoms with E-state index in [-0.39, 0.29) is 40.9 Å². The lowest BCUT2D eigenvalue weighted by atomic mass is 9.95. The molecule has 2 heterocycles. The van der Waals surface area contributed by atoms with Crippen LogP contribution in [0.5, 0.6) is 11.5 Å². The molecule has 0 bridgehead atoms. The maximum absolute atomic E-state index is 13.6. The lowest BCUT2D eigenvalue weighted by Gasteiger charge is -2.25. The highest BCUT2D eigenvalue weighted by atomic mass is 35.5. The predicted octanol–water partition coefficient (Wildman–Crippen LogP) is 3.12. The molecule has 4 rings (SSSR count). The molecule has 1 saturated heterocycles. The highest BCUT2D eigenvalue weighted by molar-refractivity contribution is 6.30. The molecule has 3 atom stereocenters. The SMILES string of the molecule is COc1cccc2[nH]c(C(=O)N[C@H](CC(C)C)C(=O)N[C@H](CC3CCNC3=O)C(=O)COC(=O)c3ccc(Cl)cc3O)cc12. The summed E-state index contributed by atoms with van der Waals surface area (Å²) in [6, 6.07) is 8.58. The molecule has 44 heavy (non-hydrogen) atoms. The molecule has 13 heteroatoms. The summed E-state index contributed by atoms with van der Waals surface area (Å²) in [5, 5.41) is 19.1. The number of ketones is 1. The number of hydrogen-bond donors (Lipinski definition) is 5. The Kier molecular flexibility index (Phi) is 10.5. The Balaban J connectivity index is 1.49. The van der Waals surface area contributed by atoms with Gasteiger partial charge in [0.15, 0.2) is 12.4 Å². The highest BCUT2D eigenvalue weighted by Crippen LogP contribution is 2.26. The van der Waals surface area contributed by atoms with Crippen molar-refractivity contribution < 1.29 is 38.6 Å². The third kappa shape index (κ3) is 7.87. The fourth-order valence-electron chi connectivity index (χ4n) is 5.06. The van der Waals surface area contributed by atoms with Gasteiger partial charge in [-0.1, -0.05) is 31.5 Å². The van der Waals surface area contributed by atoms with Gasteiger partial charge in [-0.15, -0.1) is 0 Å². The second-order valence-corrected chi connectivity index (χ2v) is 11.5. The third-order valence-electron chi connectivity index (χ3n) is 7.33. The van der Waals surface area contributed by atoms with Crippen LogP contribution in [0.4, 0.5) is 0 Å². The van der Waals surface area contributed by atoms with Crippen molar-refractivity contribution in [1.82, 2.24) is 20.9 Å². The van der Waals surface area contributed by atoms with E-state index in [2.05, 4.69) is 20.9 Å². The summed E-state index contributed by atoms with van der Waals surface area (Å²) >= 11 is 5.81. The van der Waals surface area contributed by atoms with Crippen molar-refractivity contribution in [3.05, 3.63) is 58.7 Å². The molecule has 2 aromatic carbocycles. The number of aromatic amines is 1. The number of Topliss-reactive ketones (excluding diaryl/α,β-unsaturated/α-hetero) is 1. The number of phenols is 1. The average Bonchev–Trinajstić information content (AvgIpc) is 3.60. The van der Waals surface area contributed by atoms with Crippen molar-refractivity contribution in [3.63, 3.8) is 0 Å². The van der Waals surface area contributed by atoms with Gasteiger partial charge < -0.3 is 35.5 Å². The number of halogens is 1. The van der Waals surface area contributed by atoms with Gasteiger partial charge in [0.2, 0.25) is 11.8 Å². The first-order valence-corrected chi connectivity index (χ1v) is 14.6. The van der Waals surface area contributed by atoms with Crippen LogP contribution in [0.15, 0.2) is 42.5 Å². The van der Waals surface area contributed by atoms with Gasteiger partial charge in [-0.05, 0) is 61.6 Å². The zero-order valence-corrected chi connectivity index (χ0v) is 25.3. The zero-order chi connectivity index (χ0) is 32.0. The molecule has 3 aromatic rings. The number of aromatic hydroxyl groups is 1. The van der Waals surface area contributed by atoms with Gasteiger partial charge in [0, 0.05) is 28.4 Å². The van der Waals surface area contributed by atoms with E-state index < -0.39 is 53.9 Å². The molecule has 1 unspecified atom stereocenters. The first-order valence-electron chi connectivity index (χ1n) is 14.2. The number of hydrogen-bond acceptors (Lipinski definition) is 8. The van der Waals surface area contributed by atoms with Gasteiger partial charge in [0.05, 0.1) is 13.2 Å². The Bertz CT molecular complexity index is 1570. The van der Waals surface area contributed by atoms with Crippen molar-refractivity contribution in [2.45, 2.75) is 45.2 Å². The van der Waals surface area contributed by atoms with Gasteiger partial charge in [0.25, 0.3) is 5.91 Å². The van der Waals surface area contributed by atoms with Crippen molar-refractivity contribution in [1.29, 1.82) is 0 Å². The topological polar surface area (TPSA) is 176 Å². The Morgan fingerprint density at radius 1 is 1.09 bits per heavy atom. The second-order valence-electron chi connectivity index (χ2n) is 11.0. The minimum atomic E-state index is -1.19. The van der Waals surface area contributed by atoms with E-state index in [0.717, 1.165) is 6.07 Å². The molecule has 1 aliphatic rings. The van der Waals surface area contributed by atoms with E-state index in [9.17, 15) is 29.1 Å². The summed E-state index contributed by atoms with van der Waals surface area (Å²) < 4.78 is 10.5. The summed E-state index contributed by atoms with van der Waals surface area (Å²) in [6.07, 6.45) is 0.702. The molecule has 0 aliphatic carbocycles. The predicted molar refractivity (Wildman–Crippen MR) is 162 cm³/mol. The van der Waals surface area contributed by atoms with Crippen molar-refractivity contribution >= 4 is 52.0 Å². The zero-order valence-electron chi connectivity index (χ0n) is 24.6. The van der Waals surface area contributed by atoms with Gasteiger partial charge >= 0.3 is 5.97 Å². The summed E-state index contributed by atoms with van der Waals surface area (Å²) in [7, 11) is 1.53. The van der Waals surface area contributed by atoms with Gasteiger partial charge in [0.1, 0.15) is 28.8 Å². The lowest BCUT2D eigenvalue weighted by Crippen LogP contribution is -2.53. The molecule has 1 fully saturated rings. The number of H-pyrrole nitrogens is 1. The summed E-state index contributed by atoms with van der Waals surface area (Å²) in [4.78, 5) is 68.0. The number of amides is 3. The monoisotopic (exact) mass is 626 g/mol. The first-order chi connectivity index (χ1) is 21.0. The van der Waals surface area contributed by atoms with Gasteiger partial charge in [-0.25, -0.2) is 4.79 Å². The Hall–Kier alpha value is -4.58. The van der Waals surface area contributed by atoms with Crippen LogP contribution in [0.1, 0.15) is 54.0 Å². The molecular weight excluding hydrogens is 592 g/mol. The molecule has 0 spiro atoms. The van der Waals surface area contributed by atoms with Crippen molar-refractivity contribution in [3.8, 4) is 11.5 Å². The number of ether oxygens (including phenoxy) is 2. The molecular formula is C31H35ClN4O8. The van der Waals surface area contributed by atoms with Gasteiger partial charge in [-0.3, -0.25) is 19.2 Å². The number of aromatic nitrogens is 1. The molecule has 234 valence electrons. The molecule has 5 N–H and O–H groups in total. The number of benzene rings is 2. The van der Waals surface area contributed by atoms with Crippen LogP contribution in [-0.4, -0.2) is 71.9 Å². The van der Waals surface area contributed by atoms with E-state index in [1.807, 2.05) is 13.8 Å². The summed E-state index contributed by atoms with van der Waals surface area (Å²) in [6.45, 7) is 3.48. The lowest BCUT2D eigenvalue weighted by molar-refractivity contribution is -0.131. The second kappa shape index (κ2) is 14.3.